The molecule has 2 aromatic carbocycles. The number of hydrogen-bond acceptors (Lipinski definition) is 5. The van der Waals surface area contributed by atoms with Crippen molar-refractivity contribution in [1.82, 2.24) is 9.97 Å². The molecule has 1 aliphatic heterocycles. The van der Waals surface area contributed by atoms with Gasteiger partial charge in [0.25, 0.3) is 0 Å². The van der Waals surface area contributed by atoms with E-state index in [1.54, 1.807) is 0 Å². The smallest absolute Gasteiger partial charge is 0.222 e. The summed E-state index contributed by atoms with van der Waals surface area (Å²) in [4.78, 5) is 10.7. The van der Waals surface area contributed by atoms with Gasteiger partial charge in [-0.05, 0) is 42.5 Å². The van der Waals surface area contributed by atoms with Gasteiger partial charge in [-0.2, -0.15) is 4.98 Å². The Morgan fingerprint density at radius 1 is 0.917 bits per heavy atom. The molecule has 4 rings (SSSR count). The number of rotatable bonds is 2. The summed E-state index contributed by atoms with van der Waals surface area (Å²) in [5.41, 5.74) is 15.1. The van der Waals surface area contributed by atoms with Gasteiger partial charge in [0.15, 0.2) is 0 Å². The van der Waals surface area contributed by atoms with E-state index >= 15 is 0 Å². The van der Waals surface area contributed by atoms with Crippen molar-refractivity contribution in [2.75, 3.05) is 29.5 Å². The van der Waals surface area contributed by atoms with Gasteiger partial charge in [-0.3, -0.25) is 0 Å². The van der Waals surface area contributed by atoms with Gasteiger partial charge >= 0.3 is 0 Å². The second-order valence-corrected chi connectivity index (χ2v) is 6.34. The van der Waals surface area contributed by atoms with Gasteiger partial charge in [-0.1, -0.05) is 30.3 Å². The van der Waals surface area contributed by atoms with Crippen LogP contribution in [-0.2, 0) is 0 Å². The molecule has 4 N–H and O–H groups in total. The number of nitrogens with zero attached hydrogens (tertiary/aromatic N) is 3. The second kappa shape index (κ2) is 6.00. The highest BCUT2D eigenvalue weighted by Crippen LogP contribution is 2.32. The SMILES string of the molecule is Nc1nc(N)c2cc(N3CCC(c4ccccc4)CC3)ccc2n1. The maximum Gasteiger partial charge on any atom is 0.222 e. The van der Waals surface area contributed by atoms with Gasteiger partial charge in [0, 0.05) is 24.2 Å². The summed E-state index contributed by atoms with van der Waals surface area (Å²) >= 11 is 0. The van der Waals surface area contributed by atoms with Crippen molar-refractivity contribution >= 4 is 28.4 Å². The van der Waals surface area contributed by atoms with E-state index in [0.717, 1.165) is 36.8 Å². The second-order valence-electron chi connectivity index (χ2n) is 6.34. The first-order chi connectivity index (χ1) is 11.7. The topological polar surface area (TPSA) is 81.1 Å². The van der Waals surface area contributed by atoms with E-state index in [9.17, 15) is 0 Å². The fourth-order valence-electron chi connectivity index (χ4n) is 3.55. The van der Waals surface area contributed by atoms with Gasteiger partial charge in [0.2, 0.25) is 5.95 Å². The van der Waals surface area contributed by atoms with Crippen LogP contribution < -0.4 is 16.4 Å². The Bertz CT molecular complexity index is 854. The highest BCUT2D eigenvalue weighted by molar-refractivity contribution is 5.91. The molecule has 0 saturated carbocycles. The van der Waals surface area contributed by atoms with Crippen molar-refractivity contribution < 1.29 is 0 Å². The molecule has 24 heavy (non-hydrogen) atoms. The van der Waals surface area contributed by atoms with E-state index < -0.39 is 0 Å². The quantitative estimate of drug-likeness (QED) is 0.758. The van der Waals surface area contributed by atoms with Gasteiger partial charge in [0.05, 0.1) is 5.52 Å². The first-order valence-corrected chi connectivity index (χ1v) is 8.33. The zero-order chi connectivity index (χ0) is 16.5. The monoisotopic (exact) mass is 319 g/mol. The molecule has 1 saturated heterocycles. The molecular formula is C19H21N5. The van der Waals surface area contributed by atoms with E-state index in [1.807, 2.05) is 6.07 Å². The lowest BCUT2D eigenvalue weighted by molar-refractivity contribution is 0.505. The van der Waals surface area contributed by atoms with Gasteiger partial charge in [-0.15, -0.1) is 0 Å². The fraction of sp³-hybridized carbons (Fsp3) is 0.263. The van der Waals surface area contributed by atoms with Gasteiger partial charge in [0.1, 0.15) is 5.82 Å². The average molecular weight is 319 g/mol. The third-order valence-electron chi connectivity index (χ3n) is 4.86. The van der Waals surface area contributed by atoms with Crippen molar-refractivity contribution in [3.05, 3.63) is 54.1 Å². The van der Waals surface area contributed by atoms with Crippen LogP contribution in [0.1, 0.15) is 24.3 Å². The summed E-state index contributed by atoms with van der Waals surface area (Å²) in [6, 6.07) is 16.9. The Morgan fingerprint density at radius 3 is 2.42 bits per heavy atom. The van der Waals surface area contributed by atoms with Crippen LogP contribution in [0, 0.1) is 0 Å². The van der Waals surface area contributed by atoms with Crippen molar-refractivity contribution in [3.8, 4) is 0 Å². The number of piperidine rings is 1. The number of anilines is 3. The number of nitrogens with two attached hydrogens (primary N) is 2. The summed E-state index contributed by atoms with van der Waals surface area (Å²) in [6.07, 6.45) is 2.32. The molecule has 1 fully saturated rings. The number of aromatic nitrogens is 2. The predicted octanol–water partition coefficient (Wildman–Crippen LogP) is 3.18. The van der Waals surface area contributed by atoms with E-state index in [2.05, 4.69) is 57.3 Å². The molecule has 3 aromatic rings. The van der Waals surface area contributed by atoms with Crippen molar-refractivity contribution in [2.24, 2.45) is 0 Å². The van der Waals surface area contributed by atoms with E-state index in [4.69, 9.17) is 11.5 Å². The number of nitrogen functional groups attached to an aromatic ring is 2. The minimum atomic E-state index is 0.219. The first kappa shape index (κ1) is 14.8. The minimum Gasteiger partial charge on any atom is -0.383 e. The Morgan fingerprint density at radius 2 is 1.67 bits per heavy atom. The van der Waals surface area contributed by atoms with Crippen molar-refractivity contribution in [3.63, 3.8) is 0 Å². The molecule has 1 aliphatic rings. The maximum absolute atomic E-state index is 6.00. The molecule has 2 heterocycles. The van der Waals surface area contributed by atoms with Gasteiger partial charge < -0.3 is 16.4 Å². The van der Waals surface area contributed by atoms with Gasteiger partial charge in [-0.25, -0.2) is 4.98 Å². The summed E-state index contributed by atoms with van der Waals surface area (Å²) in [5, 5.41) is 0.867. The van der Waals surface area contributed by atoms with Crippen LogP contribution in [0.15, 0.2) is 48.5 Å². The molecule has 5 nitrogen and oxygen atoms in total. The first-order valence-electron chi connectivity index (χ1n) is 8.33. The van der Waals surface area contributed by atoms with Crippen LogP contribution in [-0.4, -0.2) is 23.1 Å². The predicted molar refractivity (Wildman–Crippen MR) is 99.0 cm³/mol. The molecule has 0 atom stereocenters. The molecule has 1 aromatic heterocycles. The normalized spacial score (nSPS) is 15.8. The molecule has 5 heteroatoms. The summed E-state index contributed by atoms with van der Waals surface area (Å²) in [5.74, 6) is 1.31. The Balaban J connectivity index is 1.54. The highest BCUT2D eigenvalue weighted by atomic mass is 15.1. The summed E-state index contributed by atoms with van der Waals surface area (Å²) < 4.78 is 0. The Kier molecular flexibility index (Phi) is 3.69. The third kappa shape index (κ3) is 2.73. The molecular weight excluding hydrogens is 298 g/mol. The lowest BCUT2D eigenvalue weighted by Crippen LogP contribution is -2.32. The molecule has 0 unspecified atom stereocenters. The van der Waals surface area contributed by atoms with Crippen LogP contribution in [0.25, 0.3) is 10.9 Å². The van der Waals surface area contributed by atoms with Crippen LogP contribution in [0.2, 0.25) is 0 Å². The number of fused-ring (bicyclic) bond motifs is 1. The lowest BCUT2D eigenvalue weighted by atomic mass is 9.89. The van der Waals surface area contributed by atoms with Crippen LogP contribution in [0.4, 0.5) is 17.5 Å². The lowest BCUT2D eigenvalue weighted by Gasteiger charge is -2.34. The van der Waals surface area contributed by atoms with E-state index in [0.29, 0.717) is 11.7 Å². The van der Waals surface area contributed by atoms with E-state index in [-0.39, 0.29) is 5.95 Å². The van der Waals surface area contributed by atoms with Crippen LogP contribution in [0.3, 0.4) is 0 Å². The largest absolute Gasteiger partial charge is 0.383 e. The number of benzene rings is 2. The standard InChI is InChI=1S/C19H21N5/c20-18-16-12-15(6-7-17(16)22-19(21)23-18)24-10-8-14(9-11-24)13-4-2-1-3-5-13/h1-7,12,14H,8-11H2,(H4,20,21,22,23). The van der Waals surface area contributed by atoms with Crippen molar-refractivity contribution in [2.45, 2.75) is 18.8 Å². The van der Waals surface area contributed by atoms with Crippen LogP contribution >= 0.6 is 0 Å². The zero-order valence-electron chi connectivity index (χ0n) is 13.5. The molecule has 0 aliphatic carbocycles. The van der Waals surface area contributed by atoms with E-state index in [1.165, 1.54) is 11.3 Å². The number of hydrogen-bond donors (Lipinski definition) is 2. The molecule has 122 valence electrons. The zero-order valence-corrected chi connectivity index (χ0v) is 13.5. The summed E-state index contributed by atoms with van der Waals surface area (Å²) in [6.45, 7) is 2.08. The fourth-order valence-corrected chi connectivity index (χ4v) is 3.55. The molecule has 0 spiro atoms. The highest BCUT2D eigenvalue weighted by Gasteiger charge is 2.21. The minimum absolute atomic E-state index is 0.219. The average Bonchev–Trinajstić information content (AvgIpc) is 2.62. The van der Waals surface area contributed by atoms with Crippen LogP contribution in [0.5, 0.6) is 0 Å². The Labute approximate surface area is 141 Å². The Hall–Kier alpha value is -2.82. The molecule has 0 bridgehead atoms. The third-order valence-corrected chi connectivity index (χ3v) is 4.86. The molecule has 0 amide bonds. The van der Waals surface area contributed by atoms with Crippen molar-refractivity contribution in [1.29, 1.82) is 0 Å². The summed E-state index contributed by atoms with van der Waals surface area (Å²) in [7, 11) is 0. The maximum atomic E-state index is 6.00. The molecule has 0 radical (unpaired) electrons.